The maximum absolute atomic E-state index is 12.0. The lowest BCUT2D eigenvalue weighted by atomic mass is 9.98. The molecule has 0 spiro atoms. The van der Waals surface area contributed by atoms with Crippen LogP contribution < -0.4 is 0 Å². The topological polar surface area (TPSA) is 90.2 Å². The molecule has 1 atom stereocenters. The fraction of sp³-hybridized carbons (Fsp3) is 0.750. The van der Waals surface area contributed by atoms with E-state index in [2.05, 4.69) is 15.5 Å². The van der Waals surface area contributed by atoms with Gasteiger partial charge < -0.3 is 9.53 Å². The third-order valence-corrected chi connectivity index (χ3v) is 2.93. The van der Waals surface area contributed by atoms with Gasteiger partial charge in [0.15, 0.2) is 0 Å². The Bertz CT molecular complexity index is 454. The van der Waals surface area contributed by atoms with Gasteiger partial charge in [0.2, 0.25) is 0 Å². The minimum absolute atomic E-state index is 0.386. The standard InChI is InChI=1S/C12H21N5O3/c1-11(2,3)20-10(19)16(5)12(4,8-18)6-7-17-9-13-14-15-17/h8-9H,6-7H2,1-5H3. The van der Waals surface area contributed by atoms with Crippen molar-refractivity contribution < 1.29 is 14.3 Å². The molecule has 8 nitrogen and oxygen atoms in total. The molecule has 0 saturated heterocycles. The van der Waals surface area contributed by atoms with Gasteiger partial charge in [-0.25, -0.2) is 9.48 Å². The molecule has 20 heavy (non-hydrogen) atoms. The van der Waals surface area contributed by atoms with Crippen molar-refractivity contribution in [3.63, 3.8) is 0 Å². The molecule has 0 aliphatic carbocycles. The molecule has 1 amide bonds. The number of aldehydes is 1. The van der Waals surface area contributed by atoms with Crippen molar-refractivity contribution in [1.82, 2.24) is 25.1 Å². The van der Waals surface area contributed by atoms with E-state index in [9.17, 15) is 9.59 Å². The number of likely N-dealkylation sites (N-methyl/N-ethyl adjacent to an activating group) is 1. The van der Waals surface area contributed by atoms with Gasteiger partial charge in [-0.3, -0.25) is 4.90 Å². The van der Waals surface area contributed by atoms with Crippen LogP contribution in [0.2, 0.25) is 0 Å². The van der Waals surface area contributed by atoms with Crippen LogP contribution in [0.15, 0.2) is 6.33 Å². The lowest BCUT2D eigenvalue weighted by Gasteiger charge is -2.35. The number of aromatic nitrogens is 4. The van der Waals surface area contributed by atoms with E-state index in [-0.39, 0.29) is 0 Å². The smallest absolute Gasteiger partial charge is 0.410 e. The highest BCUT2D eigenvalue weighted by molar-refractivity contribution is 5.76. The molecule has 1 aromatic heterocycles. The van der Waals surface area contributed by atoms with Gasteiger partial charge in [0, 0.05) is 13.6 Å². The number of tetrazole rings is 1. The van der Waals surface area contributed by atoms with Gasteiger partial charge in [0.1, 0.15) is 23.8 Å². The van der Waals surface area contributed by atoms with Gasteiger partial charge in [0.05, 0.1) is 0 Å². The van der Waals surface area contributed by atoms with E-state index in [0.717, 1.165) is 6.29 Å². The Morgan fingerprint density at radius 2 is 2.05 bits per heavy atom. The average molecular weight is 283 g/mol. The fourth-order valence-electron chi connectivity index (χ4n) is 1.47. The summed E-state index contributed by atoms with van der Waals surface area (Å²) in [4.78, 5) is 24.7. The van der Waals surface area contributed by atoms with Crippen molar-refractivity contribution in [2.24, 2.45) is 0 Å². The number of ether oxygens (including phenoxy) is 1. The first-order chi connectivity index (χ1) is 9.18. The van der Waals surface area contributed by atoms with E-state index in [1.165, 1.54) is 15.9 Å². The van der Waals surface area contributed by atoms with Crippen molar-refractivity contribution >= 4 is 12.4 Å². The first-order valence-corrected chi connectivity index (χ1v) is 6.32. The van der Waals surface area contributed by atoms with E-state index in [4.69, 9.17) is 4.74 Å². The molecule has 8 heteroatoms. The first-order valence-electron chi connectivity index (χ1n) is 6.32. The molecule has 0 aliphatic rings. The molecule has 0 saturated carbocycles. The summed E-state index contributed by atoms with van der Waals surface area (Å²) in [6, 6.07) is 0. The molecule has 112 valence electrons. The van der Waals surface area contributed by atoms with E-state index >= 15 is 0 Å². The summed E-state index contributed by atoms with van der Waals surface area (Å²) < 4.78 is 6.77. The summed E-state index contributed by atoms with van der Waals surface area (Å²) in [5, 5.41) is 10.8. The Hall–Kier alpha value is -1.99. The Morgan fingerprint density at radius 1 is 1.40 bits per heavy atom. The van der Waals surface area contributed by atoms with Gasteiger partial charge in [-0.1, -0.05) is 0 Å². The third-order valence-electron chi connectivity index (χ3n) is 2.93. The zero-order valence-corrected chi connectivity index (χ0v) is 12.5. The Balaban J connectivity index is 2.71. The number of amides is 1. The summed E-state index contributed by atoms with van der Waals surface area (Å²) in [6.45, 7) is 7.43. The third kappa shape index (κ3) is 4.29. The van der Waals surface area contributed by atoms with E-state index in [0.29, 0.717) is 13.0 Å². The van der Waals surface area contributed by atoms with E-state index < -0.39 is 17.2 Å². The second-order valence-corrected chi connectivity index (χ2v) is 5.84. The maximum Gasteiger partial charge on any atom is 0.410 e. The fourth-order valence-corrected chi connectivity index (χ4v) is 1.47. The summed E-state index contributed by atoms with van der Waals surface area (Å²) in [5.41, 5.74) is -1.58. The van der Waals surface area contributed by atoms with E-state index in [1.54, 1.807) is 34.7 Å². The largest absolute Gasteiger partial charge is 0.444 e. The molecule has 0 radical (unpaired) electrons. The molecule has 1 rings (SSSR count). The lowest BCUT2D eigenvalue weighted by molar-refractivity contribution is -0.117. The molecule has 0 bridgehead atoms. The van der Waals surface area contributed by atoms with Crippen LogP contribution in [0.4, 0.5) is 4.79 Å². The lowest BCUT2D eigenvalue weighted by Crippen LogP contribution is -2.50. The second-order valence-electron chi connectivity index (χ2n) is 5.84. The minimum Gasteiger partial charge on any atom is -0.444 e. The average Bonchev–Trinajstić information content (AvgIpc) is 2.86. The molecular formula is C12H21N5O3. The van der Waals surface area contributed by atoms with Gasteiger partial charge in [-0.05, 0) is 44.5 Å². The molecule has 1 unspecified atom stereocenters. The van der Waals surface area contributed by atoms with E-state index in [1.807, 2.05) is 0 Å². The van der Waals surface area contributed by atoms with Crippen LogP contribution in [-0.2, 0) is 16.1 Å². The van der Waals surface area contributed by atoms with Gasteiger partial charge in [-0.2, -0.15) is 0 Å². The van der Waals surface area contributed by atoms with Crippen molar-refractivity contribution in [1.29, 1.82) is 0 Å². The van der Waals surface area contributed by atoms with Gasteiger partial charge in [0.25, 0.3) is 0 Å². The van der Waals surface area contributed by atoms with Crippen LogP contribution >= 0.6 is 0 Å². The van der Waals surface area contributed by atoms with Crippen molar-refractivity contribution in [3.8, 4) is 0 Å². The Labute approximate surface area is 118 Å². The first kappa shape index (κ1) is 16.1. The van der Waals surface area contributed by atoms with Crippen LogP contribution in [-0.4, -0.2) is 55.7 Å². The van der Waals surface area contributed by atoms with Gasteiger partial charge >= 0.3 is 6.09 Å². The predicted octanol–water partition coefficient (Wildman–Crippen LogP) is 0.888. The van der Waals surface area contributed by atoms with Crippen LogP contribution in [0.3, 0.4) is 0 Å². The number of carbonyl (C=O) groups excluding carboxylic acids is 2. The SMILES string of the molecule is CN(C(=O)OC(C)(C)C)C(C)(C=O)CCn1cnnn1. The summed E-state index contributed by atoms with van der Waals surface area (Å²) in [5.74, 6) is 0. The van der Waals surface area contributed by atoms with Crippen molar-refractivity contribution in [2.45, 2.75) is 51.8 Å². The number of rotatable bonds is 5. The van der Waals surface area contributed by atoms with Crippen molar-refractivity contribution in [2.75, 3.05) is 7.05 Å². The molecule has 1 aromatic rings. The van der Waals surface area contributed by atoms with Gasteiger partial charge in [-0.15, -0.1) is 5.10 Å². The maximum atomic E-state index is 12.0. The number of nitrogens with zero attached hydrogens (tertiary/aromatic N) is 5. The Kier molecular flexibility index (Phi) is 4.80. The molecule has 0 fully saturated rings. The van der Waals surface area contributed by atoms with Crippen LogP contribution in [0.5, 0.6) is 0 Å². The molecule has 1 heterocycles. The summed E-state index contributed by atoms with van der Waals surface area (Å²) in [6.07, 6.45) is 2.04. The number of carbonyl (C=O) groups is 2. The highest BCUT2D eigenvalue weighted by atomic mass is 16.6. The molecule has 0 N–H and O–H groups in total. The number of hydrogen-bond acceptors (Lipinski definition) is 6. The van der Waals surface area contributed by atoms with Crippen LogP contribution in [0.25, 0.3) is 0 Å². The summed E-state index contributed by atoms with van der Waals surface area (Å²) in [7, 11) is 1.54. The zero-order chi connectivity index (χ0) is 15.4. The molecule has 0 aromatic carbocycles. The quantitative estimate of drug-likeness (QED) is 0.745. The number of hydrogen-bond donors (Lipinski definition) is 0. The number of aryl methyl sites for hydroxylation is 1. The molecule has 0 aliphatic heterocycles. The Morgan fingerprint density at radius 3 is 2.50 bits per heavy atom. The summed E-state index contributed by atoms with van der Waals surface area (Å²) >= 11 is 0. The monoisotopic (exact) mass is 283 g/mol. The van der Waals surface area contributed by atoms with Crippen LogP contribution in [0, 0.1) is 0 Å². The molecular weight excluding hydrogens is 262 g/mol. The van der Waals surface area contributed by atoms with Crippen molar-refractivity contribution in [3.05, 3.63) is 6.33 Å². The zero-order valence-electron chi connectivity index (χ0n) is 12.5. The normalized spacial score (nSPS) is 14.4. The van der Waals surface area contributed by atoms with Crippen LogP contribution in [0.1, 0.15) is 34.1 Å². The highest BCUT2D eigenvalue weighted by Gasteiger charge is 2.34. The predicted molar refractivity (Wildman–Crippen MR) is 70.9 cm³/mol. The minimum atomic E-state index is -0.978. The second kappa shape index (κ2) is 5.98. The highest BCUT2D eigenvalue weighted by Crippen LogP contribution is 2.19.